The van der Waals surface area contributed by atoms with E-state index in [4.69, 9.17) is 0 Å². The molecule has 22 heavy (non-hydrogen) atoms. The van der Waals surface area contributed by atoms with Gasteiger partial charge in [0, 0.05) is 48.1 Å². The van der Waals surface area contributed by atoms with Crippen molar-refractivity contribution in [3.05, 3.63) is 66.9 Å². The zero-order valence-corrected chi connectivity index (χ0v) is 12.8. The second kappa shape index (κ2) is 5.94. The van der Waals surface area contributed by atoms with Gasteiger partial charge in [0.25, 0.3) is 0 Å². The zero-order chi connectivity index (χ0) is 14.8. The summed E-state index contributed by atoms with van der Waals surface area (Å²) in [5, 5.41) is 0. The summed E-state index contributed by atoms with van der Waals surface area (Å²) >= 11 is 1.81. The van der Waals surface area contributed by atoms with Gasteiger partial charge >= 0.3 is 0 Å². The Bertz CT molecular complexity index is 719. The van der Waals surface area contributed by atoms with Crippen molar-refractivity contribution in [3.63, 3.8) is 0 Å². The normalized spacial score (nSPS) is 15.6. The molecule has 2 aromatic heterocycles. The molecule has 5 heteroatoms. The molecule has 4 nitrogen and oxygen atoms in total. The largest absolute Gasteiger partial charge is 0.348 e. The van der Waals surface area contributed by atoms with E-state index in [1.54, 1.807) is 11.9 Å². The number of nitrogens with one attached hydrogen (secondary N) is 1. The minimum absolute atomic E-state index is 0.537. The molecule has 1 saturated heterocycles. The average molecular weight is 308 g/mol. The number of aromatic nitrogens is 3. The van der Waals surface area contributed by atoms with Gasteiger partial charge < -0.3 is 4.98 Å². The van der Waals surface area contributed by atoms with Crippen molar-refractivity contribution in [3.8, 4) is 11.3 Å². The Labute approximate surface area is 133 Å². The molecule has 0 amide bonds. The summed E-state index contributed by atoms with van der Waals surface area (Å²) in [4.78, 5) is 13.2. The first kappa shape index (κ1) is 13.5. The molecule has 1 aliphatic heterocycles. The molecule has 0 aliphatic carbocycles. The number of aromatic amines is 1. The summed E-state index contributed by atoms with van der Waals surface area (Å²) in [7, 11) is 0. The number of hydrogen-bond donors (Lipinski definition) is 1. The minimum Gasteiger partial charge on any atom is -0.348 e. The van der Waals surface area contributed by atoms with Crippen molar-refractivity contribution >= 4 is 11.9 Å². The van der Waals surface area contributed by atoms with Crippen LogP contribution < -0.4 is 0 Å². The van der Waals surface area contributed by atoms with Crippen LogP contribution in [0.5, 0.6) is 0 Å². The molecule has 0 saturated carbocycles. The molecule has 0 atom stereocenters. The zero-order valence-electron chi connectivity index (χ0n) is 12.0. The molecular formula is C17H16N4S. The van der Waals surface area contributed by atoms with E-state index in [-0.39, 0.29) is 0 Å². The summed E-state index contributed by atoms with van der Waals surface area (Å²) in [6, 6.07) is 14.6. The highest BCUT2D eigenvalue weighted by Crippen LogP contribution is 2.34. The van der Waals surface area contributed by atoms with E-state index in [9.17, 15) is 0 Å². The van der Waals surface area contributed by atoms with E-state index in [1.807, 2.05) is 36.8 Å². The van der Waals surface area contributed by atoms with Crippen molar-refractivity contribution in [2.45, 2.75) is 10.8 Å². The Morgan fingerprint density at radius 1 is 1.00 bits per heavy atom. The Balaban J connectivity index is 1.37. The van der Waals surface area contributed by atoms with Crippen LogP contribution in [0.25, 0.3) is 11.3 Å². The Kier molecular flexibility index (Phi) is 3.66. The van der Waals surface area contributed by atoms with Crippen LogP contribution in [-0.2, 0) is 0 Å². The Morgan fingerprint density at radius 3 is 2.55 bits per heavy atom. The maximum atomic E-state index is 4.38. The number of imidazole rings is 1. The third-order valence-electron chi connectivity index (χ3n) is 3.80. The molecule has 4 rings (SSSR count). The van der Waals surface area contributed by atoms with Crippen molar-refractivity contribution in [2.75, 3.05) is 13.1 Å². The molecule has 1 aromatic carbocycles. The maximum absolute atomic E-state index is 4.38. The summed E-state index contributed by atoms with van der Waals surface area (Å²) < 4.78 is 2.36. The molecular weight excluding hydrogens is 292 g/mol. The standard InChI is InChI=1S/C17H16N4S/c1-2-8-18-16(3-1)13-4-6-15(7-5-13)22-21-11-14(12-21)17-19-9-10-20-17/h1-10,14H,11-12H2,(H,19,20). The maximum Gasteiger partial charge on any atom is 0.111 e. The smallest absolute Gasteiger partial charge is 0.111 e. The number of H-pyrrole nitrogens is 1. The number of nitrogens with zero attached hydrogens (tertiary/aromatic N) is 3. The molecule has 1 N–H and O–H groups in total. The lowest BCUT2D eigenvalue weighted by molar-refractivity contribution is 0.282. The fourth-order valence-electron chi connectivity index (χ4n) is 2.56. The molecule has 0 spiro atoms. The number of rotatable bonds is 4. The predicted octanol–water partition coefficient (Wildman–Crippen LogP) is 3.58. The van der Waals surface area contributed by atoms with Gasteiger partial charge in [-0.1, -0.05) is 18.2 Å². The van der Waals surface area contributed by atoms with Crippen LogP contribution in [0.1, 0.15) is 11.7 Å². The topological polar surface area (TPSA) is 44.8 Å². The molecule has 3 aromatic rings. The highest BCUT2D eigenvalue weighted by molar-refractivity contribution is 7.97. The number of pyridine rings is 1. The fraction of sp³-hybridized carbons (Fsp3) is 0.176. The van der Waals surface area contributed by atoms with E-state index in [1.165, 1.54) is 4.90 Å². The molecule has 0 bridgehead atoms. The summed E-state index contributed by atoms with van der Waals surface area (Å²) in [5.41, 5.74) is 2.17. The van der Waals surface area contributed by atoms with Crippen LogP contribution in [-0.4, -0.2) is 32.3 Å². The SMILES string of the molecule is c1ccc(-c2ccc(SN3CC(c4ncc[nH]4)C3)cc2)nc1. The van der Waals surface area contributed by atoms with Gasteiger partial charge in [0.1, 0.15) is 5.82 Å². The van der Waals surface area contributed by atoms with E-state index in [0.717, 1.165) is 30.2 Å². The first-order chi connectivity index (χ1) is 10.9. The van der Waals surface area contributed by atoms with Gasteiger partial charge in [-0.15, -0.1) is 0 Å². The lowest BCUT2D eigenvalue weighted by Gasteiger charge is -2.36. The van der Waals surface area contributed by atoms with Gasteiger partial charge in [-0.3, -0.25) is 4.98 Å². The first-order valence-electron chi connectivity index (χ1n) is 7.32. The van der Waals surface area contributed by atoms with Gasteiger partial charge in [-0.2, -0.15) is 0 Å². The monoisotopic (exact) mass is 308 g/mol. The summed E-state index contributed by atoms with van der Waals surface area (Å²) in [5.74, 6) is 1.64. The highest BCUT2D eigenvalue weighted by atomic mass is 32.2. The van der Waals surface area contributed by atoms with Crippen LogP contribution in [0.15, 0.2) is 66.0 Å². The van der Waals surface area contributed by atoms with Crippen molar-refractivity contribution in [1.82, 2.24) is 19.3 Å². The van der Waals surface area contributed by atoms with Crippen LogP contribution in [0.2, 0.25) is 0 Å². The molecule has 1 fully saturated rings. The second-order valence-electron chi connectivity index (χ2n) is 5.35. The fourth-order valence-corrected chi connectivity index (χ4v) is 3.62. The van der Waals surface area contributed by atoms with Gasteiger partial charge in [-0.25, -0.2) is 9.29 Å². The van der Waals surface area contributed by atoms with Gasteiger partial charge in [0.15, 0.2) is 0 Å². The lowest BCUT2D eigenvalue weighted by atomic mass is 10.0. The molecule has 0 radical (unpaired) electrons. The second-order valence-corrected chi connectivity index (χ2v) is 6.52. The minimum atomic E-state index is 0.537. The predicted molar refractivity (Wildman–Crippen MR) is 88.4 cm³/mol. The Morgan fingerprint density at radius 2 is 1.86 bits per heavy atom. The first-order valence-corrected chi connectivity index (χ1v) is 8.09. The summed E-state index contributed by atoms with van der Waals surface area (Å²) in [6.45, 7) is 2.08. The lowest BCUT2D eigenvalue weighted by Crippen LogP contribution is -2.40. The molecule has 0 unspecified atom stereocenters. The number of benzene rings is 1. The highest BCUT2D eigenvalue weighted by Gasteiger charge is 2.30. The van der Waals surface area contributed by atoms with E-state index in [0.29, 0.717) is 5.92 Å². The average Bonchev–Trinajstić information content (AvgIpc) is 3.06. The van der Waals surface area contributed by atoms with Crippen molar-refractivity contribution in [1.29, 1.82) is 0 Å². The van der Waals surface area contributed by atoms with Crippen molar-refractivity contribution in [2.24, 2.45) is 0 Å². The van der Waals surface area contributed by atoms with Crippen LogP contribution >= 0.6 is 11.9 Å². The van der Waals surface area contributed by atoms with Gasteiger partial charge in [0.2, 0.25) is 0 Å². The van der Waals surface area contributed by atoms with E-state index >= 15 is 0 Å². The quantitative estimate of drug-likeness (QED) is 0.748. The molecule has 110 valence electrons. The van der Waals surface area contributed by atoms with Crippen LogP contribution in [0.4, 0.5) is 0 Å². The van der Waals surface area contributed by atoms with Gasteiger partial charge in [-0.05, 0) is 36.2 Å². The van der Waals surface area contributed by atoms with Gasteiger partial charge in [0.05, 0.1) is 5.69 Å². The third-order valence-corrected chi connectivity index (χ3v) is 4.84. The van der Waals surface area contributed by atoms with Crippen LogP contribution in [0.3, 0.4) is 0 Å². The van der Waals surface area contributed by atoms with Crippen LogP contribution in [0, 0.1) is 0 Å². The Hall–Kier alpha value is -2.11. The molecule has 1 aliphatic rings. The summed E-state index contributed by atoms with van der Waals surface area (Å²) in [6.07, 6.45) is 5.54. The van der Waals surface area contributed by atoms with E-state index < -0.39 is 0 Å². The number of hydrogen-bond acceptors (Lipinski definition) is 4. The third kappa shape index (κ3) is 2.77. The van der Waals surface area contributed by atoms with Crippen molar-refractivity contribution < 1.29 is 0 Å². The molecule has 3 heterocycles. The van der Waals surface area contributed by atoms with E-state index in [2.05, 4.69) is 43.5 Å².